The van der Waals surface area contributed by atoms with E-state index in [4.69, 9.17) is 10.5 Å². The van der Waals surface area contributed by atoms with Crippen molar-refractivity contribution in [3.63, 3.8) is 0 Å². The molecule has 3 aromatic rings. The van der Waals surface area contributed by atoms with E-state index in [-0.39, 0.29) is 5.57 Å². The normalized spacial score (nSPS) is 13.0. The molecule has 4 nitrogen and oxygen atoms in total. The van der Waals surface area contributed by atoms with Crippen molar-refractivity contribution in [1.82, 2.24) is 4.57 Å². The van der Waals surface area contributed by atoms with Crippen LogP contribution in [0.4, 0.5) is 0 Å². The van der Waals surface area contributed by atoms with Gasteiger partial charge >= 0.3 is 0 Å². The Labute approximate surface area is 134 Å². The average Bonchev–Trinajstić information content (AvgIpc) is 2.92. The largest absolute Gasteiger partial charge is 0.373 e. The highest BCUT2D eigenvalue weighted by atomic mass is 16.3. The zero-order valence-electron chi connectivity index (χ0n) is 12.7. The Bertz CT molecular complexity index is 999. The standard InChI is InChI=1S/C19H15N3O/c1-2-22-17-6-4-3-5-15(17)16-10-13(7-8-18(16)22)9-14(11-20)19(23)12-21/h3-10,19,23H,2H2,1H3. The summed E-state index contributed by atoms with van der Waals surface area (Å²) < 4.78 is 2.24. The molecule has 0 saturated carbocycles. The summed E-state index contributed by atoms with van der Waals surface area (Å²) in [4.78, 5) is 0. The summed E-state index contributed by atoms with van der Waals surface area (Å²) in [7, 11) is 0. The Morgan fingerprint density at radius 3 is 2.61 bits per heavy atom. The molecule has 0 fully saturated rings. The van der Waals surface area contributed by atoms with Gasteiger partial charge in [-0.1, -0.05) is 24.3 Å². The molecular weight excluding hydrogens is 286 g/mol. The number of aromatic nitrogens is 1. The number of rotatable bonds is 3. The Hall–Kier alpha value is -3.08. The number of para-hydroxylation sites is 1. The Morgan fingerprint density at radius 2 is 1.91 bits per heavy atom. The summed E-state index contributed by atoms with van der Waals surface area (Å²) in [5.41, 5.74) is 3.14. The van der Waals surface area contributed by atoms with Crippen LogP contribution in [-0.2, 0) is 6.54 Å². The van der Waals surface area contributed by atoms with Crippen LogP contribution in [-0.4, -0.2) is 15.8 Å². The molecule has 3 rings (SSSR count). The number of aryl methyl sites for hydroxylation is 1. The van der Waals surface area contributed by atoms with Gasteiger partial charge in [0.05, 0.1) is 17.7 Å². The minimum Gasteiger partial charge on any atom is -0.373 e. The van der Waals surface area contributed by atoms with Crippen molar-refractivity contribution in [1.29, 1.82) is 10.5 Å². The maximum atomic E-state index is 9.55. The molecule has 1 heterocycles. The number of hydrogen-bond donors (Lipinski definition) is 1. The van der Waals surface area contributed by atoms with Gasteiger partial charge in [-0.05, 0) is 36.8 Å². The number of nitrogens with zero attached hydrogens (tertiary/aromatic N) is 3. The van der Waals surface area contributed by atoms with E-state index in [1.807, 2.05) is 36.4 Å². The van der Waals surface area contributed by atoms with Gasteiger partial charge in [0.25, 0.3) is 0 Å². The summed E-state index contributed by atoms with van der Waals surface area (Å²) in [5, 5.41) is 29.6. The third kappa shape index (κ3) is 2.46. The van der Waals surface area contributed by atoms with Crippen LogP contribution in [0.5, 0.6) is 0 Å². The number of aliphatic hydroxyl groups is 1. The lowest BCUT2D eigenvalue weighted by Gasteiger charge is -2.03. The third-order valence-corrected chi connectivity index (χ3v) is 3.98. The molecule has 0 aliphatic carbocycles. The van der Waals surface area contributed by atoms with Gasteiger partial charge in [-0.2, -0.15) is 10.5 Å². The van der Waals surface area contributed by atoms with Crippen molar-refractivity contribution in [2.24, 2.45) is 0 Å². The van der Waals surface area contributed by atoms with Gasteiger partial charge in [0.2, 0.25) is 0 Å². The van der Waals surface area contributed by atoms with E-state index in [2.05, 4.69) is 23.6 Å². The predicted octanol–water partition coefficient (Wildman–Crippen LogP) is 3.61. The van der Waals surface area contributed by atoms with Gasteiger partial charge in [-0.3, -0.25) is 0 Å². The van der Waals surface area contributed by atoms with Crippen molar-refractivity contribution in [3.8, 4) is 12.1 Å². The van der Waals surface area contributed by atoms with Crippen molar-refractivity contribution in [2.75, 3.05) is 0 Å². The molecule has 0 bridgehead atoms. The van der Waals surface area contributed by atoms with Gasteiger partial charge in [-0.15, -0.1) is 0 Å². The van der Waals surface area contributed by atoms with Gasteiger partial charge in [-0.25, -0.2) is 0 Å². The summed E-state index contributed by atoms with van der Waals surface area (Å²) in [6.45, 7) is 2.98. The van der Waals surface area contributed by atoms with E-state index in [0.29, 0.717) is 0 Å². The van der Waals surface area contributed by atoms with Crippen LogP contribution in [0.15, 0.2) is 48.0 Å². The van der Waals surface area contributed by atoms with E-state index in [1.165, 1.54) is 5.52 Å². The van der Waals surface area contributed by atoms with E-state index in [0.717, 1.165) is 28.4 Å². The fourth-order valence-electron chi connectivity index (χ4n) is 2.92. The summed E-state index contributed by atoms with van der Waals surface area (Å²) in [5.74, 6) is 0. The highest BCUT2D eigenvalue weighted by molar-refractivity contribution is 6.08. The number of benzene rings is 2. The second-order valence-corrected chi connectivity index (χ2v) is 5.28. The van der Waals surface area contributed by atoms with E-state index >= 15 is 0 Å². The molecule has 0 spiro atoms. The van der Waals surface area contributed by atoms with Gasteiger partial charge < -0.3 is 9.67 Å². The smallest absolute Gasteiger partial charge is 0.175 e. The van der Waals surface area contributed by atoms with Gasteiger partial charge in [0.1, 0.15) is 0 Å². The first-order chi connectivity index (χ1) is 11.2. The van der Waals surface area contributed by atoms with Gasteiger partial charge in [0, 0.05) is 28.4 Å². The third-order valence-electron chi connectivity index (χ3n) is 3.98. The molecule has 0 aliphatic heterocycles. The number of nitriles is 2. The molecule has 0 amide bonds. The molecule has 0 aliphatic rings. The molecule has 112 valence electrons. The summed E-state index contributed by atoms with van der Waals surface area (Å²) >= 11 is 0. The fraction of sp³-hybridized carbons (Fsp3) is 0.158. The van der Waals surface area contributed by atoms with Crippen LogP contribution < -0.4 is 0 Å². The molecule has 0 radical (unpaired) electrons. The fourth-order valence-corrected chi connectivity index (χ4v) is 2.92. The quantitative estimate of drug-likeness (QED) is 0.593. The van der Waals surface area contributed by atoms with E-state index < -0.39 is 6.10 Å². The van der Waals surface area contributed by atoms with Gasteiger partial charge in [0.15, 0.2) is 6.10 Å². The summed E-state index contributed by atoms with van der Waals surface area (Å²) in [6.07, 6.45) is 0.165. The van der Waals surface area contributed by atoms with Crippen molar-refractivity contribution < 1.29 is 5.11 Å². The number of hydrogen-bond acceptors (Lipinski definition) is 3. The van der Waals surface area contributed by atoms with Crippen molar-refractivity contribution in [2.45, 2.75) is 19.6 Å². The maximum absolute atomic E-state index is 9.55. The first kappa shape index (κ1) is 14.8. The van der Waals surface area contributed by atoms with Crippen LogP contribution in [0.3, 0.4) is 0 Å². The minimum atomic E-state index is -1.40. The van der Waals surface area contributed by atoms with E-state index in [1.54, 1.807) is 12.1 Å². The minimum absolute atomic E-state index is 0.0473. The Kier molecular flexibility index (Phi) is 3.85. The zero-order chi connectivity index (χ0) is 16.4. The summed E-state index contributed by atoms with van der Waals surface area (Å²) in [6, 6.07) is 17.7. The molecule has 4 heteroatoms. The van der Waals surface area contributed by atoms with Crippen LogP contribution in [0.2, 0.25) is 0 Å². The molecule has 1 aromatic heterocycles. The lowest BCUT2D eigenvalue weighted by Crippen LogP contribution is -2.04. The topological polar surface area (TPSA) is 72.7 Å². The molecule has 1 atom stereocenters. The highest BCUT2D eigenvalue weighted by Gasteiger charge is 2.11. The number of fused-ring (bicyclic) bond motifs is 3. The zero-order valence-corrected chi connectivity index (χ0v) is 12.7. The SMILES string of the molecule is CCn1c2ccccc2c2cc(C=C(C#N)C(O)C#N)ccc21. The highest BCUT2D eigenvalue weighted by Crippen LogP contribution is 2.30. The van der Waals surface area contributed by atoms with Crippen molar-refractivity contribution >= 4 is 27.9 Å². The number of aliphatic hydroxyl groups excluding tert-OH is 1. The van der Waals surface area contributed by atoms with E-state index in [9.17, 15) is 5.11 Å². The molecule has 0 saturated heterocycles. The molecule has 1 N–H and O–H groups in total. The molecule has 23 heavy (non-hydrogen) atoms. The average molecular weight is 301 g/mol. The lowest BCUT2D eigenvalue weighted by molar-refractivity contribution is 0.271. The maximum Gasteiger partial charge on any atom is 0.175 e. The predicted molar refractivity (Wildman–Crippen MR) is 90.3 cm³/mol. The monoisotopic (exact) mass is 301 g/mol. The van der Waals surface area contributed by atoms with Crippen LogP contribution >= 0.6 is 0 Å². The van der Waals surface area contributed by atoms with Crippen molar-refractivity contribution in [3.05, 3.63) is 53.6 Å². The van der Waals surface area contributed by atoms with Crippen LogP contribution in [0.1, 0.15) is 12.5 Å². The lowest BCUT2D eigenvalue weighted by atomic mass is 10.0. The second-order valence-electron chi connectivity index (χ2n) is 5.28. The Balaban J connectivity index is 2.24. The second kappa shape index (κ2) is 5.96. The first-order valence-electron chi connectivity index (χ1n) is 7.40. The van der Waals surface area contributed by atoms with Crippen LogP contribution in [0, 0.1) is 22.7 Å². The molecular formula is C19H15N3O. The Morgan fingerprint density at radius 1 is 1.17 bits per heavy atom. The molecule has 2 aromatic carbocycles. The molecule has 1 unspecified atom stereocenters. The first-order valence-corrected chi connectivity index (χ1v) is 7.40. The van der Waals surface area contributed by atoms with Crippen LogP contribution in [0.25, 0.3) is 27.9 Å².